The van der Waals surface area contributed by atoms with Gasteiger partial charge in [0.2, 0.25) is 5.88 Å². The van der Waals surface area contributed by atoms with Gasteiger partial charge in [0, 0.05) is 17.6 Å². The molecular formula is C12H8ClFN2OS. The number of rotatable bonds is 3. The Morgan fingerprint density at radius 1 is 1.44 bits per heavy atom. The fraction of sp³-hybridized carbons (Fsp3) is 0.0833. The van der Waals surface area contributed by atoms with Crippen LogP contribution in [0.25, 0.3) is 4.96 Å². The summed E-state index contributed by atoms with van der Waals surface area (Å²) in [6.07, 6.45) is 1.88. The molecule has 0 radical (unpaired) electrons. The van der Waals surface area contributed by atoms with Gasteiger partial charge >= 0.3 is 0 Å². The van der Waals surface area contributed by atoms with Gasteiger partial charge in [-0.2, -0.15) is 4.98 Å². The molecule has 0 amide bonds. The number of fused-ring (bicyclic) bond motifs is 1. The van der Waals surface area contributed by atoms with Crippen LogP contribution in [0.2, 0.25) is 0 Å². The van der Waals surface area contributed by atoms with Crippen LogP contribution in [0.15, 0.2) is 35.8 Å². The number of hydrogen-bond acceptors (Lipinski definition) is 3. The van der Waals surface area contributed by atoms with Crippen molar-refractivity contribution in [2.45, 2.75) is 5.88 Å². The number of nitrogens with zero attached hydrogens (tertiary/aromatic N) is 2. The van der Waals surface area contributed by atoms with Gasteiger partial charge in [0.05, 0.1) is 5.88 Å². The molecular weight excluding hydrogens is 275 g/mol. The molecule has 1 aromatic carbocycles. The Morgan fingerprint density at radius 3 is 3.11 bits per heavy atom. The maximum absolute atomic E-state index is 13.1. The molecule has 0 aliphatic heterocycles. The van der Waals surface area contributed by atoms with E-state index in [0.29, 0.717) is 11.6 Å². The summed E-state index contributed by atoms with van der Waals surface area (Å²) in [5, 5.41) is 1.92. The van der Waals surface area contributed by atoms with Gasteiger partial charge in [-0.15, -0.1) is 22.9 Å². The number of hydrogen-bond donors (Lipinski definition) is 0. The number of ether oxygens (including phenoxy) is 1. The fourth-order valence-electron chi connectivity index (χ4n) is 1.66. The molecule has 2 aromatic heterocycles. The van der Waals surface area contributed by atoms with Crippen LogP contribution in [0.3, 0.4) is 0 Å². The largest absolute Gasteiger partial charge is 0.437 e. The number of imidazole rings is 1. The van der Waals surface area contributed by atoms with Crippen molar-refractivity contribution < 1.29 is 9.13 Å². The highest BCUT2D eigenvalue weighted by atomic mass is 35.5. The van der Waals surface area contributed by atoms with Crippen molar-refractivity contribution in [2.75, 3.05) is 0 Å². The Balaban J connectivity index is 2.01. The van der Waals surface area contributed by atoms with E-state index in [-0.39, 0.29) is 11.7 Å². The second kappa shape index (κ2) is 4.59. The molecule has 0 saturated heterocycles. The molecule has 3 nitrogen and oxygen atoms in total. The molecule has 6 heteroatoms. The van der Waals surface area contributed by atoms with E-state index < -0.39 is 0 Å². The third-order valence-corrected chi connectivity index (χ3v) is 3.47. The lowest BCUT2D eigenvalue weighted by Gasteiger charge is -2.04. The van der Waals surface area contributed by atoms with Gasteiger partial charge in [-0.3, -0.25) is 4.40 Å². The molecule has 0 atom stereocenters. The number of alkyl halides is 1. The first-order valence-electron chi connectivity index (χ1n) is 5.22. The summed E-state index contributed by atoms with van der Waals surface area (Å²) >= 11 is 7.39. The second-order valence-corrected chi connectivity index (χ2v) is 4.75. The smallest absolute Gasteiger partial charge is 0.243 e. The minimum atomic E-state index is -0.346. The molecule has 92 valence electrons. The van der Waals surface area contributed by atoms with Crippen molar-refractivity contribution in [2.24, 2.45) is 0 Å². The van der Waals surface area contributed by atoms with E-state index >= 15 is 0 Å². The molecule has 3 aromatic rings. The van der Waals surface area contributed by atoms with Crippen molar-refractivity contribution >= 4 is 27.9 Å². The van der Waals surface area contributed by atoms with Crippen LogP contribution < -0.4 is 4.74 Å². The van der Waals surface area contributed by atoms with Crippen LogP contribution in [0.1, 0.15) is 5.69 Å². The van der Waals surface area contributed by atoms with Crippen molar-refractivity contribution in [1.82, 2.24) is 9.38 Å². The Morgan fingerprint density at radius 2 is 2.33 bits per heavy atom. The van der Waals surface area contributed by atoms with Crippen LogP contribution in [0.4, 0.5) is 4.39 Å². The first-order valence-corrected chi connectivity index (χ1v) is 6.63. The first kappa shape index (κ1) is 11.5. The highest BCUT2D eigenvalue weighted by Crippen LogP contribution is 2.29. The highest BCUT2D eigenvalue weighted by Gasteiger charge is 2.14. The average Bonchev–Trinajstić information content (AvgIpc) is 2.89. The van der Waals surface area contributed by atoms with Crippen molar-refractivity contribution in [3.8, 4) is 11.6 Å². The molecule has 18 heavy (non-hydrogen) atoms. The molecule has 2 heterocycles. The van der Waals surface area contributed by atoms with E-state index in [1.54, 1.807) is 12.1 Å². The summed E-state index contributed by atoms with van der Waals surface area (Å²) in [5.74, 6) is 0.762. The Bertz CT molecular complexity index is 694. The van der Waals surface area contributed by atoms with Gasteiger partial charge in [-0.1, -0.05) is 6.07 Å². The predicted molar refractivity (Wildman–Crippen MR) is 69.1 cm³/mol. The lowest BCUT2D eigenvalue weighted by molar-refractivity contribution is 0.457. The summed E-state index contributed by atoms with van der Waals surface area (Å²) in [5.41, 5.74) is 0.761. The number of thiazole rings is 1. The minimum absolute atomic E-state index is 0.280. The molecule has 0 spiro atoms. The maximum Gasteiger partial charge on any atom is 0.243 e. The number of benzene rings is 1. The summed E-state index contributed by atoms with van der Waals surface area (Å²) in [4.78, 5) is 5.12. The van der Waals surface area contributed by atoms with Crippen LogP contribution >= 0.6 is 22.9 Å². The Hall–Kier alpha value is -1.59. The summed E-state index contributed by atoms with van der Waals surface area (Å²) < 4.78 is 20.5. The first-order chi connectivity index (χ1) is 8.78. The molecule has 0 N–H and O–H groups in total. The van der Waals surface area contributed by atoms with E-state index in [0.717, 1.165) is 10.7 Å². The Kier molecular flexibility index (Phi) is 2.93. The summed E-state index contributed by atoms with van der Waals surface area (Å²) in [7, 11) is 0. The molecule has 0 saturated carbocycles. The van der Waals surface area contributed by atoms with E-state index in [9.17, 15) is 4.39 Å². The lowest BCUT2D eigenvalue weighted by Crippen LogP contribution is -1.91. The van der Waals surface area contributed by atoms with E-state index in [1.165, 1.54) is 23.5 Å². The van der Waals surface area contributed by atoms with E-state index in [4.69, 9.17) is 16.3 Å². The SMILES string of the molecule is Fc1cccc(Oc2nc3sccn3c2CCl)c1. The molecule has 0 fully saturated rings. The van der Waals surface area contributed by atoms with Gasteiger partial charge in [-0.05, 0) is 12.1 Å². The third kappa shape index (κ3) is 1.95. The zero-order chi connectivity index (χ0) is 12.5. The Labute approximate surface area is 111 Å². The third-order valence-electron chi connectivity index (χ3n) is 2.46. The van der Waals surface area contributed by atoms with Gasteiger partial charge < -0.3 is 4.74 Å². The van der Waals surface area contributed by atoms with Gasteiger partial charge in [0.25, 0.3) is 0 Å². The van der Waals surface area contributed by atoms with Gasteiger partial charge in [-0.25, -0.2) is 4.39 Å². The zero-order valence-corrected chi connectivity index (χ0v) is 10.7. The standard InChI is InChI=1S/C12H8ClFN2OS/c13-7-10-11(15-12-16(10)4-5-18-12)17-9-3-1-2-8(14)6-9/h1-6H,7H2. The fourth-order valence-corrected chi connectivity index (χ4v) is 2.63. The molecule has 3 rings (SSSR count). The van der Waals surface area contributed by atoms with Crippen molar-refractivity contribution in [3.63, 3.8) is 0 Å². The predicted octanol–water partition coefficient (Wildman–Crippen LogP) is 4.07. The van der Waals surface area contributed by atoms with Gasteiger partial charge in [0.15, 0.2) is 4.96 Å². The number of aromatic nitrogens is 2. The lowest BCUT2D eigenvalue weighted by atomic mass is 10.3. The normalized spacial score (nSPS) is 11.0. The summed E-state index contributed by atoms with van der Waals surface area (Å²) in [6.45, 7) is 0. The number of halogens is 2. The highest BCUT2D eigenvalue weighted by molar-refractivity contribution is 7.15. The average molecular weight is 283 g/mol. The second-order valence-electron chi connectivity index (χ2n) is 3.61. The van der Waals surface area contributed by atoms with E-state index in [1.807, 2.05) is 16.0 Å². The van der Waals surface area contributed by atoms with Crippen LogP contribution in [0, 0.1) is 5.82 Å². The van der Waals surface area contributed by atoms with E-state index in [2.05, 4.69) is 4.98 Å². The van der Waals surface area contributed by atoms with Crippen molar-refractivity contribution in [3.05, 3.63) is 47.4 Å². The zero-order valence-electron chi connectivity index (χ0n) is 9.14. The molecule has 0 unspecified atom stereocenters. The summed E-state index contributed by atoms with van der Waals surface area (Å²) in [6, 6.07) is 5.94. The minimum Gasteiger partial charge on any atom is -0.437 e. The molecule has 0 aliphatic carbocycles. The monoisotopic (exact) mass is 282 g/mol. The molecule has 0 aliphatic rings. The maximum atomic E-state index is 13.1. The van der Waals surface area contributed by atoms with Crippen molar-refractivity contribution in [1.29, 1.82) is 0 Å². The topological polar surface area (TPSA) is 26.5 Å². The molecule has 0 bridgehead atoms. The van der Waals surface area contributed by atoms with Crippen LogP contribution in [0.5, 0.6) is 11.6 Å². The van der Waals surface area contributed by atoms with Gasteiger partial charge in [0.1, 0.15) is 17.3 Å². The van der Waals surface area contributed by atoms with Crippen LogP contribution in [-0.2, 0) is 5.88 Å². The quantitative estimate of drug-likeness (QED) is 0.677. The van der Waals surface area contributed by atoms with Crippen LogP contribution in [-0.4, -0.2) is 9.38 Å².